The average molecular weight is 368 g/mol. The Morgan fingerprint density at radius 3 is 2.48 bits per heavy atom. The minimum absolute atomic E-state index is 0.120. The third-order valence-electron chi connectivity index (χ3n) is 3.60. The van der Waals surface area contributed by atoms with Gasteiger partial charge in [-0.15, -0.1) is 0 Å². The number of benzene rings is 2. The number of hydrogen-bond donors (Lipinski definition) is 1. The number of hydrogen-bond acceptors (Lipinski definition) is 5. The van der Waals surface area contributed by atoms with Crippen LogP contribution in [-0.2, 0) is 4.74 Å². The van der Waals surface area contributed by atoms with Crippen LogP contribution in [0.15, 0.2) is 72.8 Å². The number of ether oxygens (including phenoxy) is 2. The van der Waals surface area contributed by atoms with Gasteiger partial charge in [0, 0.05) is 11.8 Å². The SMILES string of the molecule is C/C=C/C=C/C(OC(=O)Nc1ccc(OC)cc1)c1ccccc1[N+](=O)[O-]. The van der Waals surface area contributed by atoms with E-state index in [-0.39, 0.29) is 11.3 Å². The molecule has 0 heterocycles. The summed E-state index contributed by atoms with van der Waals surface area (Å²) in [5.41, 5.74) is 0.678. The van der Waals surface area contributed by atoms with E-state index in [1.54, 1.807) is 73.9 Å². The zero-order valence-electron chi connectivity index (χ0n) is 15.0. The van der Waals surface area contributed by atoms with E-state index in [0.717, 1.165) is 0 Å². The van der Waals surface area contributed by atoms with Gasteiger partial charge < -0.3 is 9.47 Å². The molecule has 0 aliphatic carbocycles. The van der Waals surface area contributed by atoms with Crippen molar-refractivity contribution in [3.63, 3.8) is 0 Å². The van der Waals surface area contributed by atoms with Crippen molar-refractivity contribution in [1.29, 1.82) is 0 Å². The molecule has 7 nitrogen and oxygen atoms in total. The fourth-order valence-electron chi connectivity index (χ4n) is 2.31. The normalized spacial score (nSPS) is 12.1. The molecular formula is C20H20N2O5. The van der Waals surface area contributed by atoms with Crippen LogP contribution in [0.2, 0.25) is 0 Å². The fraction of sp³-hybridized carbons (Fsp3) is 0.150. The van der Waals surface area contributed by atoms with Gasteiger partial charge in [-0.3, -0.25) is 15.4 Å². The summed E-state index contributed by atoms with van der Waals surface area (Å²) in [6.07, 6.45) is 5.14. The summed E-state index contributed by atoms with van der Waals surface area (Å²) in [6.45, 7) is 1.83. The molecule has 27 heavy (non-hydrogen) atoms. The third kappa shape index (κ3) is 5.71. The van der Waals surface area contributed by atoms with Crippen molar-refractivity contribution in [2.75, 3.05) is 12.4 Å². The van der Waals surface area contributed by atoms with Crippen LogP contribution in [0.3, 0.4) is 0 Å². The summed E-state index contributed by atoms with van der Waals surface area (Å²) in [6, 6.07) is 12.9. The molecule has 0 radical (unpaired) electrons. The van der Waals surface area contributed by atoms with Gasteiger partial charge in [-0.2, -0.15) is 0 Å². The topological polar surface area (TPSA) is 90.7 Å². The highest BCUT2D eigenvalue weighted by Gasteiger charge is 2.23. The molecule has 7 heteroatoms. The van der Waals surface area contributed by atoms with Crippen molar-refractivity contribution in [3.05, 3.63) is 88.5 Å². The molecule has 0 aliphatic rings. The smallest absolute Gasteiger partial charge is 0.412 e. The van der Waals surface area contributed by atoms with Gasteiger partial charge in [0.05, 0.1) is 17.6 Å². The second kappa shape index (κ2) is 9.76. The number of nitro groups is 1. The zero-order chi connectivity index (χ0) is 19.6. The minimum Gasteiger partial charge on any atom is -0.497 e. The van der Waals surface area contributed by atoms with Gasteiger partial charge in [-0.25, -0.2) is 4.79 Å². The van der Waals surface area contributed by atoms with Crippen LogP contribution in [0.25, 0.3) is 0 Å². The monoisotopic (exact) mass is 368 g/mol. The summed E-state index contributed by atoms with van der Waals surface area (Å²) in [5.74, 6) is 0.654. The Balaban J connectivity index is 2.21. The summed E-state index contributed by atoms with van der Waals surface area (Å²) in [4.78, 5) is 23.1. The predicted molar refractivity (Wildman–Crippen MR) is 103 cm³/mol. The van der Waals surface area contributed by atoms with Crippen LogP contribution in [0.5, 0.6) is 5.75 Å². The first-order valence-corrected chi connectivity index (χ1v) is 8.19. The maximum absolute atomic E-state index is 12.3. The van der Waals surface area contributed by atoms with Crippen LogP contribution in [0, 0.1) is 10.1 Å². The molecule has 0 bridgehead atoms. The Morgan fingerprint density at radius 1 is 1.15 bits per heavy atom. The Morgan fingerprint density at radius 2 is 1.85 bits per heavy atom. The molecule has 0 saturated carbocycles. The number of allylic oxidation sites excluding steroid dienone is 3. The highest BCUT2D eigenvalue weighted by Crippen LogP contribution is 2.29. The maximum Gasteiger partial charge on any atom is 0.412 e. The number of carbonyl (C=O) groups is 1. The van der Waals surface area contributed by atoms with Crippen LogP contribution in [-0.4, -0.2) is 18.1 Å². The zero-order valence-corrected chi connectivity index (χ0v) is 15.0. The number of anilines is 1. The molecular weight excluding hydrogens is 348 g/mol. The molecule has 2 rings (SSSR count). The van der Waals surface area contributed by atoms with E-state index < -0.39 is 17.1 Å². The highest BCUT2D eigenvalue weighted by molar-refractivity contribution is 5.85. The van der Waals surface area contributed by atoms with Crippen LogP contribution < -0.4 is 10.1 Å². The largest absolute Gasteiger partial charge is 0.497 e. The van der Waals surface area contributed by atoms with Crippen molar-refractivity contribution in [2.45, 2.75) is 13.0 Å². The average Bonchev–Trinajstić information content (AvgIpc) is 2.68. The van der Waals surface area contributed by atoms with Crippen molar-refractivity contribution in [1.82, 2.24) is 0 Å². The van der Waals surface area contributed by atoms with Crippen molar-refractivity contribution < 1.29 is 19.2 Å². The lowest BCUT2D eigenvalue weighted by molar-refractivity contribution is -0.386. The molecule has 2 aromatic carbocycles. The van der Waals surface area contributed by atoms with Gasteiger partial charge in [0.25, 0.3) is 5.69 Å². The van der Waals surface area contributed by atoms with Crippen LogP contribution in [0.1, 0.15) is 18.6 Å². The number of nitro benzene ring substituents is 1. The first-order valence-electron chi connectivity index (χ1n) is 8.19. The van der Waals surface area contributed by atoms with Crippen molar-refractivity contribution >= 4 is 17.5 Å². The standard InChI is InChI=1S/C20H20N2O5/c1-3-4-5-10-19(17-8-6-7-9-18(17)22(24)25)27-20(23)21-15-11-13-16(26-2)14-12-15/h3-14,19H,1-2H3,(H,21,23)/b4-3+,10-5+. The lowest BCUT2D eigenvalue weighted by Crippen LogP contribution is -2.17. The molecule has 1 unspecified atom stereocenters. The summed E-state index contributed by atoms with van der Waals surface area (Å²) < 4.78 is 10.5. The van der Waals surface area contributed by atoms with Gasteiger partial charge in [0.1, 0.15) is 5.75 Å². The van der Waals surface area contributed by atoms with Gasteiger partial charge in [-0.05, 0) is 43.3 Å². The first-order chi connectivity index (χ1) is 13.0. The Bertz CT molecular complexity index is 844. The second-order valence-corrected chi connectivity index (χ2v) is 5.41. The number of para-hydroxylation sites is 1. The van der Waals surface area contributed by atoms with E-state index >= 15 is 0 Å². The summed E-state index contributed by atoms with van der Waals surface area (Å²) in [7, 11) is 1.55. The number of amides is 1. The van der Waals surface area contributed by atoms with E-state index in [2.05, 4.69) is 5.32 Å². The number of carbonyl (C=O) groups excluding carboxylic acids is 1. The molecule has 0 aromatic heterocycles. The minimum atomic E-state index is -0.916. The van der Waals surface area contributed by atoms with Crippen LogP contribution >= 0.6 is 0 Å². The quantitative estimate of drug-likeness (QED) is 0.421. The van der Waals surface area contributed by atoms with E-state index in [0.29, 0.717) is 11.4 Å². The Kier molecular flexibility index (Phi) is 7.13. The highest BCUT2D eigenvalue weighted by atomic mass is 16.6. The van der Waals surface area contributed by atoms with Crippen molar-refractivity contribution in [2.24, 2.45) is 0 Å². The van der Waals surface area contributed by atoms with Gasteiger partial charge >= 0.3 is 6.09 Å². The first kappa shape index (κ1) is 19.7. The van der Waals surface area contributed by atoms with E-state index in [9.17, 15) is 14.9 Å². The number of nitrogens with one attached hydrogen (secondary N) is 1. The molecule has 1 amide bonds. The van der Waals surface area contributed by atoms with E-state index in [1.807, 2.05) is 6.92 Å². The Labute approximate surface area is 157 Å². The van der Waals surface area contributed by atoms with Gasteiger partial charge in [0.15, 0.2) is 6.10 Å². The summed E-state index contributed by atoms with van der Waals surface area (Å²) in [5, 5.41) is 13.9. The fourth-order valence-corrected chi connectivity index (χ4v) is 2.31. The lowest BCUT2D eigenvalue weighted by atomic mass is 10.1. The second-order valence-electron chi connectivity index (χ2n) is 5.41. The van der Waals surface area contributed by atoms with Gasteiger partial charge in [0.2, 0.25) is 0 Å². The van der Waals surface area contributed by atoms with E-state index in [4.69, 9.17) is 9.47 Å². The lowest BCUT2D eigenvalue weighted by Gasteiger charge is -2.15. The van der Waals surface area contributed by atoms with E-state index in [1.165, 1.54) is 6.07 Å². The van der Waals surface area contributed by atoms with Gasteiger partial charge in [-0.1, -0.05) is 30.4 Å². The molecule has 0 fully saturated rings. The molecule has 1 atom stereocenters. The molecule has 0 aliphatic heterocycles. The van der Waals surface area contributed by atoms with Crippen LogP contribution in [0.4, 0.5) is 16.2 Å². The number of methoxy groups -OCH3 is 1. The Hall–Kier alpha value is -3.61. The molecule has 0 saturated heterocycles. The number of rotatable bonds is 7. The predicted octanol–water partition coefficient (Wildman–Crippen LogP) is 5.03. The molecule has 1 N–H and O–H groups in total. The molecule has 140 valence electrons. The third-order valence-corrected chi connectivity index (χ3v) is 3.60. The van der Waals surface area contributed by atoms with Crippen molar-refractivity contribution in [3.8, 4) is 5.75 Å². The molecule has 2 aromatic rings. The number of nitrogens with zero attached hydrogens (tertiary/aromatic N) is 1. The summed E-state index contributed by atoms with van der Waals surface area (Å²) >= 11 is 0. The molecule has 0 spiro atoms. The maximum atomic E-state index is 12.3.